The van der Waals surface area contributed by atoms with Gasteiger partial charge >= 0.3 is 0 Å². The summed E-state index contributed by atoms with van der Waals surface area (Å²) in [6.07, 6.45) is 0. The van der Waals surface area contributed by atoms with Gasteiger partial charge in [-0.15, -0.1) is 0 Å². The second kappa shape index (κ2) is 10.1. The lowest BCUT2D eigenvalue weighted by atomic mass is 10.0. The van der Waals surface area contributed by atoms with Crippen molar-refractivity contribution in [3.8, 4) is 17.6 Å². The standard InChI is InChI=1S/C24H29N3O3/c1-18(2)19-4-10-22(11-5-19)30-17-24(28)27-14-12-26(13-15-27)23(16-25)20-6-8-21(29-3)9-7-20/h4-11,18,23H,12-15,17H2,1-3H3. The number of benzene rings is 2. The van der Waals surface area contributed by atoms with Crippen molar-refractivity contribution in [2.45, 2.75) is 25.8 Å². The van der Waals surface area contributed by atoms with Crippen LogP contribution in [-0.4, -0.2) is 55.6 Å². The van der Waals surface area contributed by atoms with E-state index >= 15 is 0 Å². The van der Waals surface area contributed by atoms with Crippen LogP contribution in [0.5, 0.6) is 11.5 Å². The SMILES string of the molecule is COc1ccc(C(C#N)N2CCN(C(=O)COc3ccc(C(C)C)cc3)CC2)cc1. The zero-order valence-electron chi connectivity index (χ0n) is 17.9. The van der Waals surface area contributed by atoms with Gasteiger partial charge in [0, 0.05) is 26.2 Å². The van der Waals surface area contributed by atoms with Gasteiger partial charge in [-0.2, -0.15) is 5.26 Å². The minimum Gasteiger partial charge on any atom is -0.497 e. The maximum atomic E-state index is 12.5. The van der Waals surface area contributed by atoms with Gasteiger partial charge in [-0.25, -0.2) is 0 Å². The van der Waals surface area contributed by atoms with Crippen LogP contribution in [0, 0.1) is 11.3 Å². The van der Waals surface area contributed by atoms with Gasteiger partial charge in [0.25, 0.3) is 5.91 Å². The zero-order valence-corrected chi connectivity index (χ0v) is 17.9. The number of methoxy groups -OCH3 is 1. The Morgan fingerprint density at radius 3 is 2.07 bits per heavy atom. The number of hydrogen-bond acceptors (Lipinski definition) is 5. The van der Waals surface area contributed by atoms with E-state index in [0.29, 0.717) is 37.8 Å². The topological polar surface area (TPSA) is 65.8 Å². The van der Waals surface area contributed by atoms with Gasteiger partial charge in [0.1, 0.15) is 17.5 Å². The van der Waals surface area contributed by atoms with E-state index in [1.807, 2.05) is 48.5 Å². The van der Waals surface area contributed by atoms with Crippen LogP contribution in [0.3, 0.4) is 0 Å². The van der Waals surface area contributed by atoms with E-state index in [9.17, 15) is 10.1 Å². The number of nitriles is 1. The molecule has 1 atom stereocenters. The van der Waals surface area contributed by atoms with Gasteiger partial charge in [0.15, 0.2) is 6.61 Å². The molecule has 1 unspecified atom stereocenters. The highest BCUT2D eigenvalue weighted by Gasteiger charge is 2.27. The summed E-state index contributed by atoms with van der Waals surface area (Å²) in [5, 5.41) is 9.67. The molecule has 0 aromatic heterocycles. The van der Waals surface area contributed by atoms with Crippen LogP contribution in [0.15, 0.2) is 48.5 Å². The van der Waals surface area contributed by atoms with E-state index in [4.69, 9.17) is 9.47 Å². The Morgan fingerprint density at radius 2 is 1.53 bits per heavy atom. The number of ether oxygens (including phenoxy) is 2. The Balaban J connectivity index is 1.50. The molecule has 158 valence electrons. The molecule has 0 N–H and O–H groups in total. The van der Waals surface area contributed by atoms with E-state index in [1.54, 1.807) is 12.0 Å². The first-order valence-corrected chi connectivity index (χ1v) is 10.3. The zero-order chi connectivity index (χ0) is 21.5. The molecule has 3 rings (SSSR count). The predicted octanol–water partition coefficient (Wildman–Crippen LogP) is 3.61. The highest BCUT2D eigenvalue weighted by atomic mass is 16.5. The Bertz CT molecular complexity index is 864. The first-order chi connectivity index (χ1) is 14.5. The number of nitrogens with zero attached hydrogens (tertiary/aromatic N) is 3. The molecule has 1 amide bonds. The molecule has 0 radical (unpaired) electrons. The largest absolute Gasteiger partial charge is 0.497 e. The third-order valence-electron chi connectivity index (χ3n) is 5.50. The highest BCUT2D eigenvalue weighted by Crippen LogP contribution is 2.24. The molecule has 30 heavy (non-hydrogen) atoms. The fraction of sp³-hybridized carbons (Fsp3) is 0.417. The van der Waals surface area contributed by atoms with E-state index in [-0.39, 0.29) is 18.6 Å². The fourth-order valence-corrected chi connectivity index (χ4v) is 3.57. The minimum absolute atomic E-state index is 0.0273. The molecule has 1 fully saturated rings. The fourth-order valence-electron chi connectivity index (χ4n) is 3.57. The summed E-state index contributed by atoms with van der Waals surface area (Å²) >= 11 is 0. The Kier molecular flexibility index (Phi) is 7.31. The van der Waals surface area contributed by atoms with Crippen molar-refractivity contribution in [1.29, 1.82) is 5.26 Å². The van der Waals surface area contributed by atoms with E-state index in [0.717, 1.165) is 11.3 Å². The second-order valence-electron chi connectivity index (χ2n) is 7.73. The summed E-state index contributed by atoms with van der Waals surface area (Å²) < 4.78 is 10.9. The average Bonchev–Trinajstić information content (AvgIpc) is 2.79. The summed E-state index contributed by atoms with van der Waals surface area (Å²) in [7, 11) is 1.62. The van der Waals surface area contributed by atoms with E-state index < -0.39 is 0 Å². The van der Waals surface area contributed by atoms with Gasteiger partial charge in [-0.3, -0.25) is 9.69 Å². The Hall–Kier alpha value is -3.04. The lowest BCUT2D eigenvalue weighted by Crippen LogP contribution is -2.50. The van der Waals surface area contributed by atoms with Crippen LogP contribution in [-0.2, 0) is 4.79 Å². The molecule has 1 saturated heterocycles. The smallest absolute Gasteiger partial charge is 0.260 e. The van der Waals surface area contributed by atoms with Crippen molar-refractivity contribution in [3.05, 3.63) is 59.7 Å². The molecule has 0 aliphatic carbocycles. The van der Waals surface area contributed by atoms with Crippen LogP contribution in [0.1, 0.15) is 36.9 Å². The molecule has 2 aromatic carbocycles. The lowest BCUT2D eigenvalue weighted by Gasteiger charge is -2.37. The summed E-state index contributed by atoms with van der Waals surface area (Å²) in [5.74, 6) is 1.91. The van der Waals surface area contributed by atoms with Crippen LogP contribution < -0.4 is 9.47 Å². The molecule has 2 aromatic rings. The van der Waals surface area contributed by atoms with E-state index in [1.165, 1.54) is 5.56 Å². The van der Waals surface area contributed by atoms with Crippen molar-refractivity contribution in [2.75, 3.05) is 39.9 Å². The molecular formula is C24H29N3O3. The highest BCUT2D eigenvalue weighted by molar-refractivity contribution is 5.77. The van der Waals surface area contributed by atoms with Crippen molar-refractivity contribution in [3.63, 3.8) is 0 Å². The number of rotatable bonds is 7. The van der Waals surface area contributed by atoms with Gasteiger partial charge in [0.2, 0.25) is 0 Å². The monoisotopic (exact) mass is 407 g/mol. The van der Waals surface area contributed by atoms with Crippen molar-refractivity contribution in [1.82, 2.24) is 9.80 Å². The number of amides is 1. The molecular weight excluding hydrogens is 378 g/mol. The summed E-state index contributed by atoms with van der Waals surface area (Å²) in [4.78, 5) is 16.5. The Labute approximate surface area is 178 Å². The molecule has 0 spiro atoms. The molecule has 6 nitrogen and oxygen atoms in total. The van der Waals surface area contributed by atoms with E-state index in [2.05, 4.69) is 24.8 Å². The maximum Gasteiger partial charge on any atom is 0.260 e. The lowest BCUT2D eigenvalue weighted by molar-refractivity contribution is -0.135. The van der Waals surface area contributed by atoms with Crippen molar-refractivity contribution in [2.24, 2.45) is 0 Å². The number of hydrogen-bond donors (Lipinski definition) is 0. The number of carbonyl (C=O) groups excluding carboxylic acids is 1. The summed E-state index contributed by atoms with van der Waals surface area (Å²) in [5.41, 5.74) is 2.18. The second-order valence-corrected chi connectivity index (χ2v) is 7.73. The minimum atomic E-state index is -0.330. The molecule has 1 aliphatic heterocycles. The van der Waals surface area contributed by atoms with Gasteiger partial charge in [0.05, 0.1) is 13.2 Å². The molecule has 1 aliphatic rings. The van der Waals surface area contributed by atoms with Gasteiger partial charge in [-0.05, 0) is 41.3 Å². The first kappa shape index (κ1) is 21.7. The van der Waals surface area contributed by atoms with Gasteiger partial charge in [-0.1, -0.05) is 38.1 Å². The normalized spacial score (nSPS) is 15.5. The predicted molar refractivity (Wildman–Crippen MR) is 116 cm³/mol. The third kappa shape index (κ3) is 5.31. The summed E-state index contributed by atoms with van der Waals surface area (Å²) in [6, 6.07) is 17.5. The number of piperazine rings is 1. The van der Waals surface area contributed by atoms with Crippen LogP contribution in [0.4, 0.5) is 0 Å². The molecule has 1 heterocycles. The third-order valence-corrected chi connectivity index (χ3v) is 5.50. The van der Waals surface area contributed by atoms with Crippen LogP contribution >= 0.6 is 0 Å². The molecule has 0 saturated carbocycles. The molecule has 0 bridgehead atoms. The summed E-state index contributed by atoms with van der Waals surface area (Å²) in [6.45, 7) is 6.79. The van der Waals surface area contributed by atoms with Crippen molar-refractivity contribution >= 4 is 5.91 Å². The Morgan fingerprint density at radius 1 is 0.967 bits per heavy atom. The quantitative estimate of drug-likeness (QED) is 0.702. The first-order valence-electron chi connectivity index (χ1n) is 10.3. The van der Waals surface area contributed by atoms with Crippen LogP contribution in [0.2, 0.25) is 0 Å². The average molecular weight is 408 g/mol. The molecule has 6 heteroatoms. The number of carbonyl (C=O) groups is 1. The van der Waals surface area contributed by atoms with Crippen molar-refractivity contribution < 1.29 is 14.3 Å². The van der Waals surface area contributed by atoms with Gasteiger partial charge < -0.3 is 14.4 Å². The maximum absolute atomic E-state index is 12.5. The van der Waals surface area contributed by atoms with Crippen LogP contribution in [0.25, 0.3) is 0 Å².